The van der Waals surface area contributed by atoms with Crippen LogP contribution < -0.4 is 4.90 Å². The Balaban J connectivity index is 1.79. The van der Waals surface area contributed by atoms with Crippen LogP contribution in [-0.2, 0) is 6.54 Å². The Hall–Kier alpha value is -4.32. The van der Waals surface area contributed by atoms with Gasteiger partial charge in [-0.2, -0.15) is 0 Å². The summed E-state index contributed by atoms with van der Waals surface area (Å²) >= 11 is 0. The summed E-state index contributed by atoms with van der Waals surface area (Å²) in [6.07, 6.45) is 1.60. The number of hydrogen-bond acceptors (Lipinski definition) is 4. The van der Waals surface area contributed by atoms with Gasteiger partial charge in [-0.25, -0.2) is 4.98 Å². The number of carbonyl (C=O) groups excluding carboxylic acids is 1. The summed E-state index contributed by atoms with van der Waals surface area (Å²) in [5.74, 6) is -0.0534. The van der Waals surface area contributed by atoms with Gasteiger partial charge in [0, 0.05) is 12.3 Å². The average Bonchev–Trinajstić information content (AvgIpc) is 2.83. The number of aromatic nitrogens is 1. The first-order valence-electron chi connectivity index (χ1n) is 9.75. The van der Waals surface area contributed by atoms with E-state index in [0.717, 1.165) is 16.7 Å². The number of benzene rings is 3. The van der Waals surface area contributed by atoms with Crippen molar-refractivity contribution < 1.29 is 9.72 Å². The Kier molecular flexibility index (Phi) is 5.80. The van der Waals surface area contributed by atoms with Gasteiger partial charge < -0.3 is 0 Å². The van der Waals surface area contributed by atoms with Crippen LogP contribution in [0.1, 0.15) is 15.9 Å². The lowest BCUT2D eigenvalue weighted by atomic mass is 9.99. The summed E-state index contributed by atoms with van der Waals surface area (Å²) < 4.78 is 0. The highest BCUT2D eigenvalue weighted by atomic mass is 16.6. The SMILES string of the molecule is O=C(c1ccccc1[N+](=O)[O-])N(Cc1ccccc1-c1ccccc1)c1ccccn1. The highest BCUT2D eigenvalue weighted by molar-refractivity contribution is 6.08. The average molecular weight is 409 g/mol. The van der Waals surface area contributed by atoms with Gasteiger partial charge in [0.15, 0.2) is 0 Å². The van der Waals surface area contributed by atoms with Crippen LogP contribution in [0.25, 0.3) is 11.1 Å². The highest BCUT2D eigenvalue weighted by Gasteiger charge is 2.26. The van der Waals surface area contributed by atoms with Crippen LogP contribution in [-0.4, -0.2) is 15.8 Å². The molecule has 0 unspecified atom stereocenters. The normalized spacial score (nSPS) is 10.5. The predicted molar refractivity (Wildman–Crippen MR) is 120 cm³/mol. The van der Waals surface area contributed by atoms with Crippen molar-refractivity contribution >= 4 is 17.4 Å². The molecule has 0 aliphatic carbocycles. The number of pyridine rings is 1. The van der Waals surface area contributed by atoms with E-state index in [0.29, 0.717) is 5.82 Å². The molecule has 0 radical (unpaired) electrons. The van der Waals surface area contributed by atoms with Crippen molar-refractivity contribution in [2.45, 2.75) is 6.54 Å². The summed E-state index contributed by atoms with van der Waals surface area (Å²) in [5.41, 5.74) is 2.71. The second kappa shape index (κ2) is 9.00. The molecular weight excluding hydrogens is 390 g/mol. The van der Waals surface area contributed by atoms with Crippen LogP contribution >= 0.6 is 0 Å². The first-order chi connectivity index (χ1) is 15.1. The first-order valence-corrected chi connectivity index (χ1v) is 9.75. The van der Waals surface area contributed by atoms with Gasteiger partial charge in [0.2, 0.25) is 0 Å². The summed E-state index contributed by atoms with van der Waals surface area (Å²) in [4.78, 5) is 30.3. The maximum absolute atomic E-state index is 13.5. The minimum absolute atomic E-state index is 0.0235. The fourth-order valence-electron chi connectivity index (χ4n) is 3.46. The molecule has 31 heavy (non-hydrogen) atoms. The van der Waals surface area contributed by atoms with E-state index in [-0.39, 0.29) is 17.8 Å². The third-order valence-electron chi connectivity index (χ3n) is 4.93. The Bertz CT molecular complexity index is 1210. The molecule has 1 aromatic heterocycles. The van der Waals surface area contributed by atoms with Crippen molar-refractivity contribution in [2.75, 3.05) is 4.90 Å². The second-order valence-electron chi connectivity index (χ2n) is 6.88. The molecule has 0 spiro atoms. The molecule has 0 fully saturated rings. The fraction of sp³-hybridized carbons (Fsp3) is 0.0400. The molecule has 6 nitrogen and oxygen atoms in total. The van der Waals surface area contributed by atoms with Gasteiger partial charge in [0.25, 0.3) is 11.6 Å². The van der Waals surface area contributed by atoms with Gasteiger partial charge in [-0.05, 0) is 34.9 Å². The van der Waals surface area contributed by atoms with Crippen LogP contribution in [0.15, 0.2) is 103 Å². The monoisotopic (exact) mass is 409 g/mol. The van der Waals surface area contributed by atoms with E-state index in [1.54, 1.807) is 36.5 Å². The minimum Gasteiger partial charge on any atom is -0.288 e. The molecule has 4 aromatic rings. The number of nitrogens with zero attached hydrogens (tertiary/aromatic N) is 3. The number of amides is 1. The molecule has 0 N–H and O–H groups in total. The number of nitro groups is 1. The van der Waals surface area contributed by atoms with E-state index in [9.17, 15) is 14.9 Å². The molecule has 0 saturated carbocycles. The summed E-state index contributed by atoms with van der Waals surface area (Å²) in [6, 6.07) is 28.9. The van der Waals surface area contributed by atoms with Crippen molar-refractivity contribution in [1.29, 1.82) is 0 Å². The van der Waals surface area contributed by atoms with E-state index >= 15 is 0 Å². The van der Waals surface area contributed by atoms with Crippen LogP contribution in [0.3, 0.4) is 0 Å². The van der Waals surface area contributed by atoms with Crippen molar-refractivity contribution in [1.82, 2.24) is 4.98 Å². The lowest BCUT2D eigenvalue weighted by Crippen LogP contribution is -2.31. The minimum atomic E-state index is -0.540. The molecular formula is C25H19N3O3. The molecule has 1 heterocycles. The van der Waals surface area contributed by atoms with Gasteiger partial charge in [-0.15, -0.1) is 0 Å². The quantitative estimate of drug-likeness (QED) is 0.311. The molecule has 3 aromatic carbocycles. The number of rotatable bonds is 6. The van der Waals surface area contributed by atoms with Gasteiger partial charge in [-0.3, -0.25) is 19.8 Å². The predicted octanol–water partition coefficient (Wildman–Crippen LogP) is 5.50. The maximum Gasteiger partial charge on any atom is 0.282 e. The largest absolute Gasteiger partial charge is 0.288 e. The first kappa shape index (κ1) is 20.0. The molecule has 0 saturated heterocycles. The van der Waals surface area contributed by atoms with Gasteiger partial charge in [-0.1, -0.05) is 72.8 Å². The van der Waals surface area contributed by atoms with E-state index in [1.165, 1.54) is 17.0 Å². The number of hydrogen-bond donors (Lipinski definition) is 0. The third kappa shape index (κ3) is 4.33. The Morgan fingerprint density at radius 2 is 1.52 bits per heavy atom. The third-order valence-corrected chi connectivity index (χ3v) is 4.93. The summed E-state index contributed by atoms with van der Waals surface area (Å²) in [7, 11) is 0. The zero-order chi connectivity index (χ0) is 21.6. The zero-order valence-electron chi connectivity index (χ0n) is 16.6. The van der Waals surface area contributed by atoms with E-state index in [1.807, 2.05) is 54.6 Å². The van der Waals surface area contributed by atoms with Crippen molar-refractivity contribution in [2.24, 2.45) is 0 Å². The van der Waals surface area contributed by atoms with E-state index in [2.05, 4.69) is 4.98 Å². The summed E-state index contributed by atoms with van der Waals surface area (Å²) in [5, 5.41) is 11.5. The van der Waals surface area contributed by atoms with Crippen LogP contribution in [0, 0.1) is 10.1 Å². The number of anilines is 1. The molecule has 6 heteroatoms. The molecule has 152 valence electrons. The molecule has 0 bridgehead atoms. The topological polar surface area (TPSA) is 76.3 Å². The molecule has 1 amide bonds. The Morgan fingerprint density at radius 3 is 2.26 bits per heavy atom. The molecule has 4 rings (SSSR count). The van der Waals surface area contributed by atoms with Crippen molar-refractivity contribution in [3.05, 3.63) is 124 Å². The zero-order valence-corrected chi connectivity index (χ0v) is 16.6. The smallest absolute Gasteiger partial charge is 0.282 e. The lowest BCUT2D eigenvalue weighted by Gasteiger charge is -2.23. The Morgan fingerprint density at radius 1 is 0.839 bits per heavy atom. The number of carbonyl (C=O) groups is 1. The second-order valence-corrected chi connectivity index (χ2v) is 6.88. The fourth-order valence-corrected chi connectivity index (χ4v) is 3.46. The van der Waals surface area contributed by atoms with E-state index in [4.69, 9.17) is 0 Å². The van der Waals surface area contributed by atoms with Crippen LogP contribution in [0.2, 0.25) is 0 Å². The van der Waals surface area contributed by atoms with Crippen LogP contribution in [0.4, 0.5) is 11.5 Å². The number of nitro benzene ring substituents is 1. The summed E-state index contributed by atoms with van der Waals surface area (Å²) in [6.45, 7) is 0.215. The molecule has 0 atom stereocenters. The molecule has 0 aliphatic rings. The standard InChI is InChI=1S/C25H19N3O3/c29-25(22-14-6-7-15-23(22)28(30)31)27(24-16-8-9-17-26-24)18-20-12-4-5-13-21(20)19-10-2-1-3-11-19/h1-17H,18H2. The lowest BCUT2D eigenvalue weighted by molar-refractivity contribution is -0.385. The van der Waals surface area contributed by atoms with Crippen molar-refractivity contribution in [3.8, 4) is 11.1 Å². The van der Waals surface area contributed by atoms with E-state index < -0.39 is 10.8 Å². The maximum atomic E-state index is 13.5. The molecule has 0 aliphatic heterocycles. The highest BCUT2D eigenvalue weighted by Crippen LogP contribution is 2.28. The van der Waals surface area contributed by atoms with Crippen molar-refractivity contribution in [3.63, 3.8) is 0 Å². The van der Waals surface area contributed by atoms with Gasteiger partial charge in [0.1, 0.15) is 11.4 Å². The Labute approximate surface area is 179 Å². The van der Waals surface area contributed by atoms with Gasteiger partial charge in [0.05, 0.1) is 11.5 Å². The van der Waals surface area contributed by atoms with Gasteiger partial charge >= 0.3 is 0 Å². The van der Waals surface area contributed by atoms with Crippen LogP contribution in [0.5, 0.6) is 0 Å². The number of para-hydroxylation sites is 1.